The van der Waals surface area contributed by atoms with Crippen molar-refractivity contribution in [2.75, 3.05) is 13.1 Å². The van der Waals surface area contributed by atoms with Gasteiger partial charge in [0, 0.05) is 11.0 Å². The molecule has 4 nitrogen and oxygen atoms in total. The van der Waals surface area contributed by atoms with Crippen molar-refractivity contribution >= 4 is 45.9 Å². The van der Waals surface area contributed by atoms with E-state index in [0.717, 1.165) is 22.5 Å². The largest absolute Gasteiger partial charge is 0.383 e. The molecule has 0 bridgehead atoms. The van der Waals surface area contributed by atoms with E-state index < -0.39 is 5.60 Å². The van der Waals surface area contributed by atoms with Crippen LogP contribution in [-0.4, -0.2) is 24.2 Å². The van der Waals surface area contributed by atoms with E-state index in [1.807, 2.05) is 31.2 Å². The maximum Gasteiger partial charge on any atom is 0.188 e. The molecule has 124 valence electrons. The summed E-state index contributed by atoms with van der Waals surface area (Å²) in [4.78, 5) is 4.32. The van der Waals surface area contributed by atoms with E-state index in [2.05, 4.69) is 26.2 Å². The van der Waals surface area contributed by atoms with Crippen molar-refractivity contribution < 1.29 is 5.11 Å². The van der Waals surface area contributed by atoms with Gasteiger partial charge in [0.2, 0.25) is 0 Å². The molecular weight excluding hydrogens is 457 g/mol. The molecule has 1 atom stereocenters. The van der Waals surface area contributed by atoms with Gasteiger partial charge in [0.25, 0.3) is 0 Å². The Labute approximate surface area is 158 Å². The summed E-state index contributed by atoms with van der Waals surface area (Å²) in [5.74, 6) is 1.15. The van der Waals surface area contributed by atoms with Crippen LogP contribution in [-0.2, 0) is 5.60 Å². The molecule has 1 aromatic carbocycles. The van der Waals surface area contributed by atoms with Crippen molar-refractivity contribution in [1.29, 1.82) is 0 Å². The second kappa shape index (κ2) is 9.08. The monoisotopic (exact) mass is 481 g/mol. The van der Waals surface area contributed by atoms with Crippen LogP contribution in [0.15, 0.2) is 33.7 Å². The first-order chi connectivity index (χ1) is 10.0. The van der Waals surface area contributed by atoms with Gasteiger partial charge in [-0.1, -0.05) is 41.4 Å². The topological polar surface area (TPSA) is 70.6 Å². The summed E-state index contributed by atoms with van der Waals surface area (Å²) in [5.41, 5.74) is 5.78. The van der Waals surface area contributed by atoms with E-state index in [4.69, 9.17) is 5.73 Å². The number of aliphatic imine (C=N–C) groups is 1. The van der Waals surface area contributed by atoms with Crippen LogP contribution in [0.25, 0.3) is 0 Å². The summed E-state index contributed by atoms with van der Waals surface area (Å²) < 4.78 is 0.995. The highest BCUT2D eigenvalue weighted by Crippen LogP contribution is 2.27. The lowest BCUT2D eigenvalue weighted by molar-refractivity contribution is 0.0423. The average molecular weight is 482 g/mol. The maximum atomic E-state index is 10.8. The molecule has 1 aromatic rings. The number of benzene rings is 1. The Balaban J connectivity index is 0.00000242. The maximum absolute atomic E-state index is 10.8. The van der Waals surface area contributed by atoms with Gasteiger partial charge in [0.15, 0.2) is 5.96 Å². The van der Waals surface area contributed by atoms with E-state index >= 15 is 0 Å². The summed E-state index contributed by atoms with van der Waals surface area (Å²) in [6.07, 6.45) is 4.47. The highest BCUT2D eigenvalue weighted by Gasteiger charge is 2.27. The van der Waals surface area contributed by atoms with Gasteiger partial charge in [-0.15, -0.1) is 24.0 Å². The molecule has 1 aliphatic rings. The van der Waals surface area contributed by atoms with Crippen molar-refractivity contribution in [3.63, 3.8) is 0 Å². The molecule has 2 rings (SSSR count). The molecule has 0 spiro atoms. The summed E-state index contributed by atoms with van der Waals surface area (Å²) >= 11 is 3.40. The minimum Gasteiger partial charge on any atom is -0.383 e. The second-order valence-corrected chi connectivity index (χ2v) is 6.69. The van der Waals surface area contributed by atoms with Gasteiger partial charge in [-0.3, -0.25) is 4.99 Å². The van der Waals surface area contributed by atoms with Gasteiger partial charge in [-0.2, -0.15) is 0 Å². The molecule has 1 fully saturated rings. The molecule has 4 N–H and O–H groups in total. The molecule has 0 amide bonds. The lowest BCUT2D eigenvalue weighted by Crippen LogP contribution is -2.39. The number of hydrogen-bond acceptors (Lipinski definition) is 2. The third kappa shape index (κ3) is 5.38. The standard InChI is InChI=1S/C16H24BrN3O.HI/c1-2-16(21,13-6-8-14(17)9-7-13)11-20-15(18)19-10-12-4-3-5-12;/h6-9,12,21H,2-5,10-11H2,1H3,(H3,18,19,20);1H. The van der Waals surface area contributed by atoms with Crippen molar-refractivity contribution in [2.24, 2.45) is 16.6 Å². The zero-order chi connectivity index (χ0) is 15.3. The summed E-state index contributed by atoms with van der Waals surface area (Å²) in [6.45, 7) is 3.11. The van der Waals surface area contributed by atoms with Crippen LogP contribution in [0.1, 0.15) is 38.2 Å². The van der Waals surface area contributed by atoms with E-state index in [1.165, 1.54) is 19.3 Å². The minimum absolute atomic E-state index is 0. The predicted molar refractivity (Wildman–Crippen MR) is 106 cm³/mol. The Morgan fingerprint density at radius 2 is 2.05 bits per heavy atom. The molecule has 0 aliphatic heterocycles. The van der Waals surface area contributed by atoms with Gasteiger partial charge in [0.05, 0.1) is 6.54 Å². The molecule has 6 heteroatoms. The molecule has 0 heterocycles. The van der Waals surface area contributed by atoms with E-state index in [-0.39, 0.29) is 30.5 Å². The number of halogens is 2. The number of rotatable bonds is 6. The number of guanidine groups is 1. The normalized spacial score (nSPS) is 18.0. The van der Waals surface area contributed by atoms with Crippen molar-refractivity contribution in [3.8, 4) is 0 Å². The van der Waals surface area contributed by atoms with Crippen LogP contribution in [0.2, 0.25) is 0 Å². The van der Waals surface area contributed by atoms with Gasteiger partial charge in [-0.25, -0.2) is 0 Å². The van der Waals surface area contributed by atoms with Gasteiger partial charge >= 0.3 is 0 Å². The van der Waals surface area contributed by atoms with Crippen LogP contribution in [0.3, 0.4) is 0 Å². The second-order valence-electron chi connectivity index (χ2n) is 5.77. The Morgan fingerprint density at radius 1 is 1.41 bits per heavy atom. The first-order valence-corrected chi connectivity index (χ1v) is 8.35. The lowest BCUT2D eigenvalue weighted by atomic mass is 9.85. The number of hydrogen-bond donors (Lipinski definition) is 3. The van der Waals surface area contributed by atoms with Gasteiger partial charge in [0.1, 0.15) is 5.60 Å². The van der Waals surface area contributed by atoms with Crippen LogP contribution in [0.5, 0.6) is 0 Å². The molecule has 1 aliphatic carbocycles. The molecule has 1 saturated carbocycles. The van der Waals surface area contributed by atoms with Crippen molar-refractivity contribution in [2.45, 2.75) is 38.2 Å². The number of nitrogens with one attached hydrogen (secondary N) is 1. The summed E-state index contributed by atoms with van der Waals surface area (Å²) in [6, 6.07) is 7.69. The Hall–Kier alpha value is -0.340. The third-order valence-corrected chi connectivity index (χ3v) is 4.80. The third-order valence-electron chi connectivity index (χ3n) is 4.27. The quantitative estimate of drug-likeness (QED) is 0.331. The molecule has 22 heavy (non-hydrogen) atoms. The van der Waals surface area contributed by atoms with E-state index in [1.54, 1.807) is 0 Å². The Morgan fingerprint density at radius 3 is 2.55 bits per heavy atom. The molecular formula is C16H25BrIN3O. The minimum atomic E-state index is -0.969. The fourth-order valence-corrected chi connectivity index (χ4v) is 2.65. The van der Waals surface area contributed by atoms with E-state index in [0.29, 0.717) is 12.4 Å². The Kier molecular flexibility index (Phi) is 8.13. The lowest BCUT2D eigenvalue weighted by Gasteiger charge is -2.27. The van der Waals surface area contributed by atoms with Crippen LogP contribution < -0.4 is 11.1 Å². The predicted octanol–water partition coefficient (Wildman–Crippen LogP) is 3.37. The first-order valence-electron chi connectivity index (χ1n) is 7.55. The summed E-state index contributed by atoms with van der Waals surface area (Å²) in [5, 5.41) is 13.9. The SMILES string of the molecule is CCC(O)(CN=C(N)NCC1CCC1)c1ccc(Br)cc1.I. The van der Waals surface area contributed by atoms with Gasteiger partial charge in [-0.05, 0) is 42.9 Å². The smallest absolute Gasteiger partial charge is 0.188 e. The number of aliphatic hydroxyl groups is 1. The zero-order valence-corrected chi connectivity index (χ0v) is 16.8. The van der Waals surface area contributed by atoms with E-state index in [9.17, 15) is 5.11 Å². The highest BCUT2D eigenvalue weighted by atomic mass is 127. The number of nitrogens with zero attached hydrogens (tertiary/aromatic N) is 1. The molecule has 0 saturated heterocycles. The molecule has 1 unspecified atom stereocenters. The van der Waals surface area contributed by atoms with Crippen molar-refractivity contribution in [3.05, 3.63) is 34.3 Å². The first kappa shape index (κ1) is 19.7. The van der Waals surface area contributed by atoms with Crippen molar-refractivity contribution in [1.82, 2.24) is 5.32 Å². The average Bonchev–Trinajstić information content (AvgIpc) is 2.44. The van der Waals surface area contributed by atoms with Crippen LogP contribution in [0.4, 0.5) is 0 Å². The van der Waals surface area contributed by atoms with Gasteiger partial charge < -0.3 is 16.2 Å². The number of nitrogens with two attached hydrogens (primary N) is 1. The summed E-state index contributed by atoms with van der Waals surface area (Å²) in [7, 11) is 0. The Bertz CT molecular complexity index is 491. The van der Waals surface area contributed by atoms with Crippen LogP contribution in [0, 0.1) is 5.92 Å². The molecule has 0 aromatic heterocycles. The highest BCUT2D eigenvalue weighted by molar-refractivity contribution is 14.0. The molecule has 0 radical (unpaired) electrons. The van der Waals surface area contributed by atoms with Crippen LogP contribution >= 0.6 is 39.9 Å². The fourth-order valence-electron chi connectivity index (χ4n) is 2.39. The fraction of sp³-hybridized carbons (Fsp3) is 0.562. The zero-order valence-electron chi connectivity index (χ0n) is 12.9.